The summed E-state index contributed by atoms with van der Waals surface area (Å²) in [4.78, 5) is 0. The molecule has 0 saturated heterocycles. The lowest BCUT2D eigenvalue weighted by Crippen LogP contribution is -2.19. The number of benzene rings is 3. The third kappa shape index (κ3) is 10.3. The van der Waals surface area contributed by atoms with E-state index in [4.69, 9.17) is 0 Å². The number of hydrogen-bond donors (Lipinski definition) is 3. The Bertz CT molecular complexity index is 1440. The standard InChI is InChI=1S/C30H46O2.C14H22O/c1-18(21-14-19(27(2,3)4)16-23(25(21)31)29(8,9)10)22-15-20(28(5,6)7)17-24(26(22)32)30(11,12)13;1-10(2)8-11-6-7-13(15)12(9-11)14(3,4)5/h14-18,31-32H,1-13H3;6-7,9-10,15H,8H2,1-5H3. The summed E-state index contributed by atoms with van der Waals surface area (Å²) >= 11 is 0. The molecule has 0 amide bonds. The van der Waals surface area contributed by atoms with Gasteiger partial charge in [-0.2, -0.15) is 0 Å². The number of rotatable bonds is 4. The van der Waals surface area contributed by atoms with Crippen molar-refractivity contribution in [1.82, 2.24) is 0 Å². The molecule has 0 fully saturated rings. The summed E-state index contributed by atoms with van der Waals surface area (Å²) in [5.74, 6) is 1.60. The lowest BCUT2D eigenvalue weighted by atomic mass is 9.74. The molecule has 0 atom stereocenters. The Morgan fingerprint density at radius 1 is 0.468 bits per heavy atom. The van der Waals surface area contributed by atoms with Crippen molar-refractivity contribution in [3.8, 4) is 17.2 Å². The van der Waals surface area contributed by atoms with Crippen molar-refractivity contribution < 1.29 is 15.3 Å². The van der Waals surface area contributed by atoms with Gasteiger partial charge in [0.25, 0.3) is 0 Å². The first-order valence-corrected chi connectivity index (χ1v) is 17.5. The highest BCUT2D eigenvalue weighted by atomic mass is 16.3. The average molecular weight is 645 g/mol. The van der Waals surface area contributed by atoms with Crippen LogP contribution in [0.2, 0.25) is 0 Å². The van der Waals surface area contributed by atoms with E-state index in [0.29, 0.717) is 23.2 Å². The second-order valence-corrected chi connectivity index (χ2v) is 19.3. The fourth-order valence-electron chi connectivity index (χ4n) is 5.93. The van der Waals surface area contributed by atoms with E-state index in [-0.39, 0.29) is 33.0 Å². The summed E-state index contributed by atoms with van der Waals surface area (Å²) < 4.78 is 0. The second kappa shape index (κ2) is 13.9. The van der Waals surface area contributed by atoms with E-state index < -0.39 is 0 Å². The van der Waals surface area contributed by atoms with Crippen LogP contribution in [0.5, 0.6) is 17.2 Å². The van der Waals surface area contributed by atoms with Crippen LogP contribution in [0.4, 0.5) is 0 Å². The molecule has 3 N–H and O–H groups in total. The van der Waals surface area contributed by atoms with Gasteiger partial charge >= 0.3 is 0 Å². The third-order valence-electron chi connectivity index (χ3n) is 9.07. The molecule has 0 radical (unpaired) electrons. The van der Waals surface area contributed by atoms with Gasteiger partial charge in [0.05, 0.1) is 0 Å². The first kappa shape index (κ1) is 40.2. The van der Waals surface area contributed by atoms with Crippen LogP contribution in [0.15, 0.2) is 42.5 Å². The van der Waals surface area contributed by atoms with Crippen molar-refractivity contribution >= 4 is 0 Å². The molecule has 3 aromatic carbocycles. The maximum Gasteiger partial charge on any atom is 0.123 e. The highest BCUT2D eigenvalue weighted by Crippen LogP contribution is 2.46. The zero-order chi connectivity index (χ0) is 36.7. The molecule has 3 rings (SSSR count). The molecule has 3 aromatic rings. The van der Waals surface area contributed by atoms with Crippen LogP contribution in [0, 0.1) is 5.92 Å². The molecule has 0 aliphatic carbocycles. The smallest absolute Gasteiger partial charge is 0.123 e. The SMILES string of the molecule is CC(C)Cc1ccc(O)c(C(C)(C)C)c1.CC(c1cc(C(C)(C)C)cc(C(C)(C)C)c1O)c1cc(C(C)(C)C)cc(C(C)(C)C)c1O. The van der Waals surface area contributed by atoms with Crippen molar-refractivity contribution in [1.29, 1.82) is 0 Å². The number of aromatic hydroxyl groups is 3. The summed E-state index contributed by atoms with van der Waals surface area (Å²) in [7, 11) is 0. The Morgan fingerprint density at radius 3 is 1.13 bits per heavy atom. The average Bonchev–Trinajstić information content (AvgIpc) is 2.86. The second-order valence-electron chi connectivity index (χ2n) is 19.3. The molecule has 0 aliphatic rings. The van der Waals surface area contributed by atoms with Gasteiger partial charge in [0.15, 0.2) is 0 Å². The Kier molecular flexibility index (Phi) is 11.9. The topological polar surface area (TPSA) is 60.7 Å². The first-order chi connectivity index (χ1) is 21.0. The van der Waals surface area contributed by atoms with Gasteiger partial charge in [-0.05, 0) is 78.9 Å². The van der Waals surface area contributed by atoms with E-state index in [9.17, 15) is 15.3 Å². The quantitative estimate of drug-likeness (QED) is 0.265. The fourth-order valence-corrected chi connectivity index (χ4v) is 5.93. The van der Waals surface area contributed by atoms with Gasteiger partial charge in [-0.15, -0.1) is 0 Å². The number of phenolic OH excluding ortho intramolecular Hbond substituents is 3. The molecule has 0 unspecified atom stereocenters. The van der Waals surface area contributed by atoms with Gasteiger partial charge < -0.3 is 15.3 Å². The molecule has 262 valence electrons. The molecule has 0 spiro atoms. The van der Waals surface area contributed by atoms with Gasteiger partial charge in [0, 0.05) is 17.0 Å². The van der Waals surface area contributed by atoms with Crippen molar-refractivity contribution in [2.45, 2.75) is 164 Å². The van der Waals surface area contributed by atoms with Crippen LogP contribution in [-0.4, -0.2) is 15.3 Å². The zero-order valence-electron chi connectivity index (χ0n) is 33.2. The Balaban J connectivity index is 0.000000427. The van der Waals surface area contributed by atoms with E-state index in [1.54, 1.807) is 0 Å². The summed E-state index contributed by atoms with van der Waals surface area (Å²) in [6.45, 7) is 38.9. The number of phenols is 3. The van der Waals surface area contributed by atoms with Gasteiger partial charge in [-0.1, -0.05) is 161 Å². The lowest BCUT2D eigenvalue weighted by Gasteiger charge is -2.31. The molecule has 3 nitrogen and oxygen atoms in total. The van der Waals surface area contributed by atoms with Crippen LogP contribution in [0.3, 0.4) is 0 Å². The minimum absolute atomic E-state index is 0.0110. The van der Waals surface area contributed by atoms with Gasteiger partial charge in [0.2, 0.25) is 0 Å². The third-order valence-corrected chi connectivity index (χ3v) is 9.07. The Labute approximate surface area is 288 Å². The van der Waals surface area contributed by atoms with Crippen molar-refractivity contribution in [2.24, 2.45) is 5.92 Å². The molecule has 0 aliphatic heterocycles. The van der Waals surface area contributed by atoms with Crippen molar-refractivity contribution in [3.05, 3.63) is 87.0 Å². The molecule has 0 saturated carbocycles. The number of hydrogen-bond acceptors (Lipinski definition) is 3. The van der Waals surface area contributed by atoms with Crippen molar-refractivity contribution in [3.63, 3.8) is 0 Å². The van der Waals surface area contributed by atoms with Crippen LogP contribution >= 0.6 is 0 Å². The molecule has 0 heterocycles. The highest BCUT2D eigenvalue weighted by molar-refractivity contribution is 5.57. The monoisotopic (exact) mass is 645 g/mol. The summed E-state index contributed by atoms with van der Waals surface area (Å²) in [6, 6.07) is 14.5. The zero-order valence-corrected chi connectivity index (χ0v) is 33.2. The highest BCUT2D eigenvalue weighted by Gasteiger charge is 2.31. The molecular weight excluding hydrogens is 576 g/mol. The van der Waals surface area contributed by atoms with E-state index >= 15 is 0 Å². The predicted octanol–water partition coefficient (Wildman–Crippen LogP) is 12.3. The van der Waals surface area contributed by atoms with E-state index in [2.05, 4.69) is 155 Å². The minimum atomic E-state index is -0.189. The maximum absolute atomic E-state index is 11.4. The van der Waals surface area contributed by atoms with Gasteiger partial charge in [0.1, 0.15) is 17.2 Å². The van der Waals surface area contributed by atoms with Gasteiger partial charge in [-0.25, -0.2) is 0 Å². The Morgan fingerprint density at radius 2 is 0.830 bits per heavy atom. The lowest BCUT2D eigenvalue weighted by molar-refractivity contribution is 0.427. The Hall–Kier alpha value is -2.94. The maximum atomic E-state index is 11.4. The first-order valence-electron chi connectivity index (χ1n) is 17.5. The van der Waals surface area contributed by atoms with E-state index in [1.165, 1.54) is 16.7 Å². The normalized spacial score (nSPS) is 13.2. The van der Waals surface area contributed by atoms with Crippen molar-refractivity contribution in [2.75, 3.05) is 0 Å². The van der Waals surface area contributed by atoms with E-state index in [1.807, 2.05) is 12.1 Å². The largest absolute Gasteiger partial charge is 0.508 e. The van der Waals surface area contributed by atoms with E-state index in [0.717, 1.165) is 34.2 Å². The summed E-state index contributed by atoms with van der Waals surface area (Å²) in [5.41, 5.74) is 7.95. The minimum Gasteiger partial charge on any atom is -0.508 e. The molecular formula is C44H68O3. The molecule has 0 aromatic heterocycles. The molecule has 0 bridgehead atoms. The molecule has 3 heteroatoms. The van der Waals surface area contributed by atoms with Crippen LogP contribution in [0.1, 0.15) is 175 Å². The summed E-state index contributed by atoms with van der Waals surface area (Å²) in [5, 5.41) is 32.6. The predicted molar refractivity (Wildman–Crippen MR) is 204 cm³/mol. The summed E-state index contributed by atoms with van der Waals surface area (Å²) in [6.07, 6.45) is 1.07. The molecule has 47 heavy (non-hydrogen) atoms. The van der Waals surface area contributed by atoms with Crippen LogP contribution in [0.25, 0.3) is 0 Å². The fraction of sp³-hybridized carbons (Fsp3) is 0.591. The van der Waals surface area contributed by atoms with Crippen LogP contribution < -0.4 is 0 Å². The van der Waals surface area contributed by atoms with Crippen LogP contribution in [-0.2, 0) is 33.5 Å². The van der Waals surface area contributed by atoms with Gasteiger partial charge in [-0.3, -0.25) is 0 Å².